The van der Waals surface area contributed by atoms with Crippen LogP contribution in [0.4, 0.5) is 0 Å². The van der Waals surface area contributed by atoms with Crippen molar-refractivity contribution in [2.24, 2.45) is 10.4 Å². The molecule has 4 heteroatoms. The molecule has 122 valence electrons. The molecule has 1 N–H and O–H groups in total. The Morgan fingerprint density at radius 2 is 2.00 bits per heavy atom. The molecule has 0 aromatic heterocycles. The summed E-state index contributed by atoms with van der Waals surface area (Å²) in [6, 6.07) is 0. The van der Waals surface area contributed by atoms with Gasteiger partial charge in [0.05, 0.1) is 0 Å². The van der Waals surface area contributed by atoms with Crippen LogP contribution in [-0.4, -0.2) is 50.8 Å². The van der Waals surface area contributed by atoms with Gasteiger partial charge in [0.25, 0.3) is 0 Å². The van der Waals surface area contributed by atoms with Gasteiger partial charge in [0.15, 0.2) is 5.96 Å². The van der Waals surface area contributed by atoms with Gasteiger partial charge in [0, 0.05) is 39.9 Å². The minimum absolute atomic E-state index is 0.602. The third-order valence-electron chi connectivity index (χ3n) is 5.07. The second-order valence-corrected chi connectivity index (χ2v) is 6.61. The minimum Gasteiger partial charge on any atom is -0.382 e. The van der Waals surface area contributed by atoms with E-state index in [1.54, 1.807) is 0 Å². The maximum atomic E-state index is 5.37. The Hall–Kier alpha value is -0.770. The summed E-state index contributed by atoms with van der Waals surface area (Å²) in [5.41, 5.74) is 0.602. The maximum Gasteiger partial charge on any atom is 0.193 e. The Labute approximate surface area is 130 Å². The van der Waals surface area contributed by atoms with Gasteiger partial charge < -0.3 is 15.0 Å². The number of nitrogens with zero attached hydrogens (tertiary/aromatic N) is 2. The summed E-state index contributed by atoms with van der Waals surface area (Å²) in [4.78, 5) is 6.96. The van der Waals surface area contributed by atoms with E-state index in [4.69, 9.17) is 4.74 Å². The molecule has 0 amide bonds. The number of hydrogen-bond acceptors (Lipinski definition) is 2. The average Bonchev–Trinajstić information content (AvgIpc) is 2.91. The summed E-state index contributed by atoms with van der Waals surface area (Å²) in [6.07, 6.45) is 10.8. The molecule has 1 spiro atoms. The summed E-state index contributed by atoms with van der Waals surface area (Å²) >= 11 is 0. The van der Waals surface area contributed by atoms with Crippen molar-refractivity contribution in [1.82, 2.24) is 10.2 Å². The van der Waals surface area contributed by atoms with Crippen molar-refractivity contribution in [3.8, 4) is 0 Å². The molecule has 0 radical (unpaired) electrons. The molecule has 0 aromatic carbocycles. The standard InChI is InChI=1S/C17H33N3O/c1-3-21-14-8-7-12-19-16(18-2)20-13-11-17(15-20)9-5-4-6-10-17/h3-15H2,1-2H3,(H,18,19). The lowest BCUT2D eigenvalue weighted by Gasteiger charge is -2.33. The first kappa shape index (κ1) is 16.6. The SMILES string of the molecule is CCOCCCCNC(=NC)N1CCC2(CCCCC2)C1. The van der Waals surface area contributed by atoms with E-state index in [1.807, 2.05) is 7.05 Å². The number of rotatable bonds is 6. The smallest absolute Gasteiger partial charge is 0.193 e. The van der Waals surface area contributed by atoms with Gasteiger partial charge in [-0.05, 0) is 44.4 Å². The van der Waals surface area contributed by atoms with Crippen LogP contribution >= 0.6 is 0 Å². The molecule has 0 unspecified atom stereocenters. The van der Waals surface area contributed by atoms with Crippen molar-refractivity contribution in [3.05, 3.63) is 0 Å². The van der Waals surface area contributed by atoms with Crippen LogP contribution in [-0.2, 0) is 4.74 Å². The molecule has 0 aromatic rings. The van der Waals surface area contributed by atoms with Gasteiger partial charge in [-0.1, -0.05) is 19.3 Å². The zero-order valence-corrected chi connectivity index (χ0v) is 14.0. The van der Waals surface area contributed by atoms with Gasteiger partial charge in [-0.3, -0.25) is 4.99 Å². The van der Waals surface area contributed by atoms with E-state index < -0.39 is 0 Å². The first-order chi connectivity index (χ1) is 10.3. The number of aliphatic imine (C=N–C) groups is 1. The fourth-order valence-corrected chi connectivity index (χ4v) is 3.83. The molecular weight excluding hydrogens is 262 g/mol. The van der Waals surface area contributed by atoms with Gasteiger partial charge in [-0.25, -0.2) is 0 Å². The van der Waals surface area contributed by atoms with Crippen molar-refractivity contribution >= 4 is 5.96 Å². The summed E-state index contributed by atoms with van der Waals surface area (Å²) in [5.74, 6) is 1.11. The second kappa shape index (κ2) is 8.62. The van der Waals surface area contributed by atoms with Gasteiger partial charge in [-0.15, -0.1) is 0 Å². The molecule has 1 aliphatic carbocycles. The highest BCUT2D eigenvalue weighted by Gasteiger charge is 2.39. The summed E-state index contributed by atoms with van der Waals surface area (Å²) in [6.45, 7) is 7.15. The second-order valence-electron chi connectivity index (χ2n) is 6.61. The van der Waals surface area contributed by atoms with Crippen LogP contribution in [0.15, 0.2) is 4.99 Å². The van der Waals surface area contributed by atoms with Gasteiger partial charge in [-0.2, -0.15) is 0 Å². The lowest BCUT2D eigenvalue weighted by Crippen LogP contribution is -2.42. The largest absolute Gasteiger partial charge is 0.382 e. The third kappa shape index (κ3) is 4.87. The predicted octanol–water partition coefficient (Wildman–Crippen LogP) is 3.03. The lowest BCUT2D eigenvalue weighted by molar-refractivity contribution is 0.143. The summed E-state index contributed by atoms with van der Waals surface area (Å²) < 4.78 is 5.37. The molecule has 0 atom stereocenters. The van der Waals surface area contributed by atoms with E-state index in [9.17, 15) is 0 Å². The molecule has 0 bridgehead atoms. The molecule has 1 heterocycles. The molecular formula is C17H33N3O. The van der Waals surface area contributed by atoms with Crippen LogP contribution in [0.5, 0.6) is 0 Å². The van der Waals surface area contributed by atoms with E-state index in [-0.39, 0.29) is 0 Å². The van der Waals surface area contributed by atoms with Crippen molar-refractivity contribution in [2.45, 2.75) is 58.3 Å². The zero-order valence-electron chi connectivity index (χ0n) is 14.0. The molecule has 1 aliphatic heterocycles. The van der Waals surface area contributed by atoms with Gasteiger partial charge in [0.1, 0.15) is 0 Å². The van der Waals surface area contributed by atoms with Crippen molar-refractivity contribution in [1.29, 1.82) is 0 Å². The highest BCUT2D eigenvalue weighted by atomic mass is 16.5. The van der Waals surface area contributed by atoms with Crippen LogP contribution in [0.3, 0.4) is 0 Å². The van der Waals surface area contributed by atoms with Crippen molar-refractivity contribution in [2.75, 3.05) is 39.9 Å². The van der Waals surface area contributed by atoms with E-state index in [2.05, 4.69) is 22.1 Å². The first-order valence-corrected chi connectivity index (χ1v) is 8.83. The molecule has 2 aliphatic rings. The number of likely N-dealkylation sites (tertiary alicyclic amines) is 1. The van der Waals surface area contributed by atoms with Crippen LogP contribution in [0.1, 0.15) is 58.3 Å². The topological polar surface area (TPSA) is 36.9 Å². The van der Waals surface area contributed by atoms with Gasteiger partial charge in [0.2, 0.25) is 0 Å². The lowest BCUT2D eigenvalue weighted by atomic mass is 9.73. The number of hydrogen-bond donors (Lipinski definition) is 1. The van der Waals surface area contributed by atoms with Crippen molar-refractivity contribution in [3.63, 3.8) is 0 Å². The Kier molecular flexibility index (Phi) is 6.81. The van der Waals surface area contributed by atoms with Crippen LogP contribution in [0, 0.1) is 5.41 Å². The van der Waals surface area contributed by atoms with Crippen LogP contribution < -0.4 is 5.32 Å². The van der Waals surface area contributed by atoms with E-state index in [1.165, 1.54) is 51.6 Å². The minimum atomic E-state index is 0.602. The number of guanidine groups is 1. The van der Waals surface area contributed by atoms with Crippen molar-refractivity contribution < 1.29 is 4.74 Å². The normalized spacial score (nSPS) is 22.0. The zero-order chi connectivity index (χ0) is 15.0. The third-order valence-corrected chi connectivity index (χ3v) is 5.07. The number of unbranched alkanes of at least 4 members (excludes halogenated alkanes) is 1. The predicted molar refractivity (Wildman–Crippen MR) is 88.8 cm³/mol. The Balaban J connectivity index is 1.70. The molecule has 4 nitrogen and oxygen atoms in total. The molecule has 2 rings (SSSR count). The summed E-state index contributed by atoms with van der Waals surface area (Å²) in [5, 5.41) is 3.53. The molecule has 21 heavy (non-hydrogen) atoms. The number of nitrogens with one attached hydrogen (secondary N) is 1. The Bertz CT molecular complexity index is 324. The monoisotopic (exact) mass is 295 g/mol. The fourth-order valence-electron chi connectivity index (χ4n) is 3.83. The highest BCUT2D eigenvalue weighted by Crippen LogP contribution is 2.43. The van der Waals surface area contributed by atoms with E-state index in [0.29, 0.717) is 5.41 Å². The highest BCUT2D eigenvalue weighted by molar-refractivity contribution is 5.80. The number of ether oxygens (including phenoxy) is 1. The average molecular weight is 295 g/mol. The maximum absolute atomic E-state index is 5.37. The molecule has 1 saturated heterocycles. The Morgan fingerprint density at radius 1 is 1.19 bits per heavy atom. The van der Waals surface area contributed by atoms with Crippen LogP contribution in [0.2, 0.25) is 0 Å². The van der Waals surface area contributed by atoms with Gasteiger partial charge >= 0.3 is 0 Å². The van der Waals surface area contributed by atoms with E-state index in [0.717, 1.165) is 38.6 Å². The molecule has 2 fully saturated rings. The molecule has 1 saturated carbocycles. The van der Waals surface area contributed by atoms with Crippen LogP contribution in [0.25, 0.3) is 0 Å². The summed E-state index contributed by atoms with van der Waals surface area (Å²) in [7, 11) is 1.91. The fraction of sp³-hybridized carbons (Fsp3) is 0.941. The Morgan fingerprint density at radius 3 is 2.71 bits per heavy atom. The quantitative estimate of drug-likeness (QED) is 0.465. The van der Waals surface area contributed by atoms with E-state index >= 15 is 0 Å². The first-order valence-electron chi connectivity index (χ1n) is 8.83.